The van der Waals surface area contributed by atoms with E-state index >= 15 is 0 Å². The van der Waals surface area contributed by atoms with Crippen LogP contribution in [0, 0.1) is 18.6 Å². The molecule has 0 amide bonds. The molecule has 1 aromatic rings. The molecule has 1 aliphatic rings. The second kappa shape index (κ2) is 6.14. The summed E-state index contributed by atoms with van der Waals surface area (Å²) in [6, 6.07) is 2.47. The predicted octanol–water partition coefficient (Wildman–Crippen LogP) is 3.17. The van der Waals surface area contributed by atoms with E-state index < -0.39 is 0 Å². The maximum Gasteiger partial charge on any atom is 0.146 e. The lowest BCUT2D eigenvalue weighted by Crippen LogP contribution is -2.22. The molecule has 0 unspecified atom stereocenters. The molecule has 100 valence electrons. The lowest BCUT2D eigenvalue weighted by atomic mass is 10.2. The summed E-state index contributed by atoms with van der Waals surface area (Å²) in [5, 5.41) is 2.96. The van der Waals surface area contributed by atoms with E-state index in [2.05, 4.69) is 10.2 Å². The van der Waals surface area contributed by atoms with E-state index in [1.165, 1.54) is 38.1 Å². The number of nitrogens with one attached hydrogen (secondary N) is 1. The highest BCUT2D eigenvalue weighted by molar-refractivity contribution is 5.46. The fraction of sp³-hybridized carbons (Fsp3) is 0.571. The Labute approximate surface area is 107 Å². The van der Waals surface area contributed by atoms with Crippen molar-refractivity contribution in [3.8, 4) is 0 Å². The normalized spacial score (nSPS) is 16.2. The minimum Gasteiger partial charge on any atom is -0.383 e. The van der Waals surface area contributed by atoms with E-state index in [-0.39, 0.29) is 17.3 Å². The molecule has 1 fully saturated rings. The van der Waals surface area contributed by atoms with Crippen LogP contribution in [0.4, 0.5) is 14.5 Å². The Hall–Kier alpha value is -1.16. The second-order valence-corrected chi connectivity index (χ2v) is 4.91. The number of rotatable bonds is 5. The zero-order chi connectivity index (χ0) is 13.0. The van der Waals surface area contributed by atoms with E-state index in [1.807, 2.05) is 0 Å². The van der Waals surface area contributed by atoms with Crippen LogP contribution in [0.2, 0.25) is 0 Å². The van der Waals surface area contributed by atoms with Crippen molar-refractivity contribution in [1.82, 2.24) is 4.90 Å². The van der Waals surface area contributed by atoms with Gasteiger partial charge in [0.2, 0.25) is 0 Å². The van der Waals surface area contributed by atoms with Gasteiger partial charge in [0.1, 0.15) is 11.6 Å². The third-order valence-electron chi connectivity index (χ3n) is 3.41. The van der Waals surface area contributed by atoms with Gasteiger partial charge in [-0.2, -0.15) is 0 Å². The highest BCUT2D eigenvalue weighted by Crippen LogP contribution is 2.18. The molecule has 1 N–H and O–H groups in total. The van der Waals surface area contributed by atoms with Crippen molar-refractivity contribution in [3.63, 3.8) is 0 Å². The van der Waals surface area contributed by atoms with Crippen LogP contribution in [0.1, 0.15) is 24.8 Å². The molecule has 0 aliphatic carbocycles. The van der Waals surface area contributed by atoms with Crippen molar-refractivity contribution in [2.45, 2.75) is 26.2 Å². The summed E-state index contributed by atoms with van der Waals surface area (Å²) in [7, 11) is 0. The first-order valence-corrected chi connectivity index (χ1v) is 6.58. The van der Waals surface area contributed by atoms with Crippen molar-refractivity contribution in [3.05, 3.63) is 29.3 Å². The highest BCUT2D eigenvalue weighted by atomic mass is 19.1. The number of halogens is 2. The van der Waals surface area contributed by atoms with Crippen LogP contribution in [0.5, 0.6) is 0 Å². The SMILES string of the molecule is Cc1cc(F)c(NCCCN2CCCC2)cc1F. The highest BCUT2D eigenvalue weighted by Gasteiger charge is 2.11. The van der Waals surface area contributed by atoms with Crippen LogP contribution >= 0.6 is 0 Å². The van der Waals surface area contributed by atoms with Crippen LogP contribution in [-0.4, -0.2) is 31.1 Å². The molecule has 1 heterocycles. The third kappa shape index (κ3) is 3.42. The molecule has 18 heavy (non-hydrogen) atoms. The largest absolute Gasteiger partial charge is 0.383 e. The van der Waals surface area contributed by atoms with Crippen molar-refractivity contribution < 1.29 is 8.78 Å². The molecular weight excluding hydrogens is 234 g/mol. The molecule has 2 nitrogen and oxygen atoms in total. The number of anilines is 1. The summed E-state index contributed by atoms with van der Waals surface area (Å²) >= 11 is 0. The molecular formula is C14H20F2N2. The summed E-state index contributed by atoms with van der Waals surface area (Å²) in [6.45, 7) is 5.62. The van der Waals surface area contributed by atoms with Gasteiger partial charge in [0.15, 0.2) is 0 Å². The van der Waals surface area contributed by atoms with Gasteiger partial charge in [-0.3, -0.25) is 0 Å². The quantitative estimate of drug-likeness (QED) is 0.812. The number of aryl methyl sites for hydroxylation is 1. The minimum atomic E-state index is -0.380. The molecule has 4 heteroatoms. The molecule has 0 bridgehead atoms. The van der Waals surface area contributed by atoms with Crippen LogP contribution in [0.15, 0.2) is 12.1 Å². The van der Waals surface area contributed by atoms with Gasteiger partial charge in [0, 0.05) is 12.6 Å². The van der Waals surface area contributed by atoms with Gasteiger partial charge < -0.3 is 10.2 Å². The Morgan fingerprint density at radius 1 is 1.17 bits per heavy atom. The zero-order valence-corrected chi connectivity index (χ0v) is 10.8. The van der Waals surface area contributed by atoms with Gasteiger partial charge >= 0.3 is 0 Å². The summed E-state index contributed by atoms with van der Waals surface area (Å²) in [5.74, 6) is -0.742. The molecule has 0 aromatic heterocycles. The van der Waals surface area contributed by atoms with Crippen molar-refractivity contribution >= 4 is 5.69 Å². The number of likely N-dealkylation sites (tertiary alicyclic amines) is 1. The molecule has 0 atom stereocenters. The number of hydrogen-bond donors (Lipinski definition) is 1. The fourth-order valence-corrected chi connectivity index (χ4v) is 2.31. The summed E-state index contributed by atoms with van der Waals surface area (Å²) in [5.41, 5.74) is 0.606. The molecule has 1 aromatic carbocycles. The maximum absolute atomic E-state index is 13.5. The zero-order valence-electron chi connectivity index (χ0n) is 10.8. The van der Waals surface area contributed by atoms with Crippen molar-refractivity contribution in [2.75, 3.05) is 31.5 Å². The molecule has 2 rings (SSSR count). The molecule has 0 spiro atoms. The third-order valence-corrected chi connectivity index (χ3v) is 3.41. The van der Waals surface area contributed by atoms with Gasteiger partial charge in [0.25, 0.3) is 0 Å². The van der Waals surface area contributed by atoms with Gasteiger partial charge in [-0.15, -0.1) is 0 Å². The van der Waals surface area contributed by atoms with Crippen LogP contribution in [0.3, 0.4) is 0 Å². The first-order valence-electron chi connectivity index (χ1n) is 6.58. The van der Waals surface area contributed by atoms with Crippen molar-refractivity contribution in [2.24, 2.45) is 0 Å². The standard InChI is InChI=1S/C14H20F2N2/c1-11-9-13(16)14(10-12(11)15)17-5-4-8-18-6-2-3-7-18/h9-10,17H,2-8H2,1H3. The molecule has 1 aliphatic heterocycles. The van der Waals surface area contributed by atoms with Gasteiger partial charge in [-0.05, 0) is 57.5 Å². The van der Waals surface area contributed by atoms with Crippen molar-refractivity contribution in [1.29, 1.82) is 0 Å². The van der Waals surface area contributed by atoms with E-state index in [9.17, 15) is 8.78 Å². The Morgan fingerprint density at radius 3 is 2.61 bits per heavy atom. The Bertz CT molecular complexity index is 401. The lowest BCUT2D eigenvalue weighted by molar-refractivity contribution is 0.337. The summed E-state index contributed by atoms with van der Waals surface area (Å²) in [6.07, 6.45) is 3.52. The van der Waals surface area contributed by atoms with E-state index in [4.69, 9.17) is 0 Å². The Morgan fingerprint density at radius 2 is 1.89 bits per heavy atom. The first kappa shape index (κ1) is 13.3. The van der Waals surface area contributed by atoms with Gasteiger partial charge in [-0.1, -0.05) is 0 Å². The van der Waals surface area contributed by atoms with E-state index in [1.54, 1.807) is 6.92 Å². The van der Waals surface area contributed by atoms with Gasteiger partial charge in [0.05, 0.1) is 5.69 Å². The predicted molar refractivity (Wildman–Crippen MR) is 69.9 cm³/mol. The minimum absolute atomic E-state index is 0.263. The topological polar surface area (TPSA) is 15.3 Å². The van der Waals surface area contributed by atoms with Gasteiger partial charge in [-0.25, -0.2) is 8.78 Å². The lowest BCUT2D eigenvalue weighted by Gasteiger charge is -2.15. The molecule has 0 saturated carbocycles. The maximum atomic E-state index is 13.5. The van der Waals surface area contributed by atoms with E-state index in [0.717, 1.165) is 13.0 Å². The van der Waals surface area contributed by atoms with Crippen LogP contribution < -0.4 is 5.32 Å². The monoisotopic (exact) mass is 254 g/mol. The first-order chi connectivity index (χ1) is 8.66. The number of benzene rings is 1. The average Bonchev–Trinajstić information content (AvgIpc) is 2.84. The second-order valence-electron chi connectivity index (χ2n) is 4.91. The molecule has 1 saturated heterocycles. The number of hydrogen-bond acceptors (Lipinski definition) is 2. The Kier molecular flexibility index (Phi) is 4.53. The van der Waals surface area contributed by atoms with E-state index in [0.29, 0.717) is 12.1 Å². The smallest absolute Gasteiger partial charge is 0.146 e. The average molecular weight is 254 g/mol. The number of nitrogens with zero attached hydrogens (tertiary/aromatic N) is 1. The summed E-state index contributed by atoms with van der Waals surface area (Å²) < 4.78 is 26.8. The summed E-state index contributed by atoms with van der Waals surface area (Å²) in [4.78, 5) is 2.41. The molecule has 0 radical (unpaired) electrons. The van der Waals surface area contributed by atoms with Crippen LogP contribution in [0.25, 0.3) is 0 Å². The fourth-order valence-electron chi connectivity index (χ4n) is 2.31. The van der Waals surface area contributed by atoms with Crippen LogP contribution in [-0.2, 0) is 0 Å². The Balaban J connectivity index is 1.77.